The van der Waals surface area contributed by atoms with Gasteiger partial charge in [-0.25, -0.2) is 0 Å². The number of nitrogens with one attached hydrogen (secondary N) is 2. The highest BCUT2D eigenvalue weighted by atomic mass is 16.7. The highest BCUT2D eigenvalue weighted by Crippen LogP contribution is 2.30. The molecule has 0 unspecified atom stereocenters. The van der Waals surface area contributed by atoms with Gasteiger partial charge in [-0.15, -0.1) is 0 Å². The molecule has 17 nitrogen and oxygen atoms in total. The number of amides is 2. The van der Waals surface area contributed by atoms with Crippen LogP contribution in [-0.4, -0.2) is 163 Å². The quantitative estimate of drug-likeness (QED) is 0.0285. The number of aliphatic hydroxyl groups is 9. The molecule has 0 aromatic rings. The Balaban J connectivity index is 1.92. The summed E-state index contributed by atoms with van der Waals surface area (Å²) in [5.74, 6) is -1.40. The first-order valence-electron chi connectivity index (χ1n) is 29.4. The van der Waals surface area contributed by atoms with Gasteiger partial charge in [-0.1, -0.05) is 219 Å². The summed E-state index contributed by atoms with van der Waals surface area (Å²) < 4.78 is 23.2. The van der Waals surface area contributed by atoms with Crippen LogP contribution in [0.4, 0.5) is 0 Å². The number of carbonyl (C=O) groups is 2. The lowest BCUT2D eigenvalue weighted by molar-refractivity contribution is -0.348. The van der Waals surface area contributed by atoms with E-state index in [9.17, 15) is 55.5 Å². The zero-order valence-electron chi connectivity index (χ0n) is 45.7. The maximum atomic E-state index is 13.4. The molecule has 0 spiro atoms. The number of unbranched alkanes of at least 4 members (excludes halogenated alkanes) is 30. The van der Waals surface area contributed by atoms with Crippen molar-refractivity contribution < 1.29 is 74.5 Å². The van der Waals surface area contributed by atoms with E-state index in [0.717, 1.165) is 58.3 Å². The fourth-order valence-electron chi connectivity index (χ4n) is 10.2. The zero-order valence-corrected chi connectivity index (χ0v) is 45.7. The van der Waals surface area contributed by atoms with Gasteiger partial charge in [0.2, 0.25) is 11.8 Å². The second-order valence-corrected chi connectivity index (χ2v) is 21.4. The minimum Gasteiger partial charge on any atom is -0.394 e. The molecule has 2 rings (SSSR count). The van der Waals surface area contributed by atoms with E-state index < -0.39 is 117 Å². The van der Waals surface area contributed by atoms with E-state index in [1.165, 1.54) is 141 Å². The summed E-state index contributed by atoms with van der Waals surface area (Å²) in [5, 5.41) is 102. The molecule has 11 N–H and O–H groups in total. The molecule has 73 heavy (non-hydrogen) atoms. The van der Waals surface area contributed by atoms with Crippen molar-refractivity contribution in [1.82, 2.24) is 10.6 Å². The third-order valence-electron chi connectivity index (χ3n) is 14.9. The Kier molecular flexibility index (Phi) is 39.3. The number of carbonyl (C=O) groups excluding carboxylic acids is 2. The third kappa shape index (κ3) is 28.6. The predicted octanol–water partition coefficient (Wildman–Crippen LogP) is 6.64. The van der Waals surface area contributed by atoms with Gasteiger partial charge in [0, 0.05) is 6.92 Å². The second-order valence-electron chi connectivity index (χ2n) is 21.4. The van der Waals surface area contributed by atoms with Crippen molar-refractivity contribution in [3.63, 3.8) is 0 Å². The summed E-state index contributed by atoms with van der Waals surface area (Å²) in [5.41, 5.74) is 0. The van der Waals surface area contributed by atoms with E-state index in [0.29, 0.717) is 12.8 Å². The molecule has 0 aliphatic carbocycles. The van der Waals surface area contributed by atoms with Crippen molar-refractivity contribution >= 4 is 11.8 Å². The van der Waals surface area contributed by atoms with Gasteiger partial charge in [-0.3, -0.25) is 9.59 Å². The predicted molar refractivity (Wildman–Crippen MR) is 282 cm³/mol. The first-order chi connectivity index (χ1) is 35.3. The molecular formula is C56H108N2O15. The van der Waals surface area contributed by atoms with Gasteiger partial charge in [-0.05, 0) is 12.8 Å². The summed E-state index contributed by atoms with van der Waals surface area (Å²) in [4.78, 5) is 25.5. The maximum absolute atomic E-state index is 13.4. The van der Waals surface area contributed by atoms with E-state index in [2.05, 4.69) is 24.5 Å². The van der Waals surface area contributed by atoms with Gasteiger partial charge < -0.3 is 75.5 Å². The van der Waals surface area contributed by atoms with Crippen LogP contribution in [0.2, 0.25) is 0 Å². The Morgan fingerprint density at radius 2 is 0.890 bits per heavy atom. The lowest BCUT2D eigenvalue weighted by Gasteiger charge is -2.47. The van der Waals surface area contributed by atoms with Crippen LogP contribution in [0, 0.1) is 0 Å². The molecule has 2 heterocycles. The average Bonchev–Trinajstić information content (AvgIpc) is 3.37. The molecule has 2 aliphatic heterocycles. The minimum absolute atomic E-state index is 0.195. The number of aliphatic hydroxyl groups excluding tert-OH is 9. The van der Waals surface area contributed by atoms with Crippen LogP contribution in [0.3, 0.4) is 0 Å². The summed E-state index contributed by atoms with van der Waals surface area (Å²) >= 11 is 0. The number of hydrogen-bond donors (Lipinski definition) is 11. The van der Waals surface area contributed by atoms with Crippen LogP contribution in [0.1, 0.15) is 239 Å². The molecule has 432 valence electrons. The van der Waals surface area contributed by atoms with Gasteiger partial charge in [0.15, 0.2) is 12.6 Å². The molecular weight excluding hydrogens is 941 g/mol. The van der Waals surface area contributed by atoms with Gasteiger partial charge in [0.05, 0.1) is 32.0 Å². The number of hydrogen-bond acceptors (Lipinski definition) is 15. The first kappa shape index (κ1) is 67.5. The molecule has 2 aliphatic rings. The summed E-state index contributed by atoms with van der Waals surface area (Å²) in [6, 6.07) is -2.72. The highest BCUT2D eigenvalue weighted by Gasteiger charge is 2.51. The molecule has 2 saturated heterocycles. The Hall–Kier alpha value is -1.58. The molecule has 0 radical (unpaired) electrons. The summed E-state index contributed by atoms with van der Waals surface area (Å²) in [7, 11) is 0. The van der Waals surface area contributed by atoms with E-state index in [1.807, 2.05) is 0 Å². The minimum atomic E-state index is -1.85. The van der Waals surface area contributed by atoms with Crippen molar-refractivity contribution in [2.24, 2.45) is 0 Å². The first-order valence-corrected chi connectivity index (χ1v) is 29.4. The topological polar surface area (TPSA) is 277 Å². The van der Waals surface area contributed by atoms with E-state index in [-0.39, 0.29) is 12.8 Å². The van der Waals surface area contributed by atoms with Crippen molar-refractivity contribution in [3.8, 4) is 0 Å². The Bertz CT molecular complexity index is 1340. The molecule has 0 aromatic carbocycles. The molecule has 0 saturated carbocycles. The lowest BCUT2D eigenvalue weighted by Crippen LogP contribution is -2.68. The van der Waals surface area contributed by atoms with Gasteiger partial charge in [0.25, 0.3) is 0 Å². The third-order valence-corrected chi connectivity index (χ3v) is 14.9. The zero-order chi connectivity index (χ0) is 53.6. The van der Waals surface area contributed by atoms with Gasteiger partial charge >= 0.3 is 0 Å². The lowest BCUT2D eigenvalue weighted by atomic mass is 9.95. The van der Waals surface area contributed by atoms with Crippen LogP contribution in [0.15, 0.2) is 0 Å². The molecule has 0 bridgehead atoms. The fraction of sp³-hybridized carbons (Fsp3) is 0.964. The SMILES string of the molecule is CCCCCCCCCCCCCCCCCCCCCC[C@@H](O)C(=O)N[C@@H](CO[C@H]1O[C@H](CO)[C@H](O)[C@H](O[C@H]2O[C@H](CO)[C@H](O)[C@H](O)[C@H]2NC(C)=O)[C@H]1O)[C@H](O)[C@H](O)CCCCCCCCCCCCCC. The Morgan fingerprint density at radius 1 is 0.507 bits per heavy atom. The van der Waals surface area contributed by atoms with Crippen molar-refractivity contribution in [1.29, 1.82) is 0 Å². The van der Waals surface area contributed by atoms with Crippen molar-refractivity contribution in [2.75, 3.05) is 19.8 Å². The normalized spacial score (nSPS) is 26.1. The Morgan fingerprint density at radius 3 is 1.30 bits per heavy atom. The summed E-state index contributed by atoms with van der Waals surface area (Å²) in [6.07, 6.45) is 19.9. The molecule has 2 amide bonds. The number of ether oxygens (including phenoxy) is 4. The monoisotopic (exact) mass is 1050 g/mol. The van der Waals surface area contributed by atoms with E-state index in [4.69, 9.17) is 18.9 Å². The van der Waals surface area contributed by atoms with Crippen LogP contribution >= 0.6 is 0 Å². The van der Waals surface area contributed by atoms with Crippen molar-refractivity contribution in [2.45, 2.75) is 325 Å². The van der Waals surface area contributed by atoms with Crippen LogP contribution in [-0.2, 0) is 28.5 Å². The summed E-state index contributed by atoms with van der Waals surface area (Å²) in [6.45, 7) is 3.56. The average molecular weight is 1050 g/mol. The van der Waals surface area contributed by atoms with Crippen LogP contribution in [0.25, 0.3) is 0 Å². The van der Waals surface area contributed by atoms with Crippen LogP contribution < -0.4 is 10.6 Å². The maximum Gasteiger partial charge on any atom is 0.249 e. The van der Waals surface area contributed by atoms with Gasteiger partial charge in [-0.2, -0.15) is 0 Å². The Labute approximate surface area is 440 Å². The fourth-order valence-corrected chi connectivity index (χ4v) is 10.2. The molecule has 2 fully saturated rings. The molecule has 0 aromatic heterocycles. The van der Waals surface area contributed by atoms with E-state index in [1.54, 1.807) is 0 Å². The van der Waals surface area contributed by atoms with Crippen LogP contribution in [0.5, 0.6) is 0 Å². The standard InChI is InChI=1S/C56H108N2O15/c1-4-6-8-10-12-14-16-18-19-20-21-22-23-24-25-27-29-31-33-35-37-44(63)54(69)58-42(48(64)43(62)36-34-32-30-28-26-17-15-13-11-9-7-5-2)40-70-56-52(68)53(50(66)46(39-60)72-56)73-55-47(57-41(3)61)51(67)49(65)45(38-59)71-55/h42-53,55-56,59-60,62-68H,4-40H2,1-3H3,(H,57,61)(H,58,69)/t42-,43+,44+,45+,46+,47+,48-,49-,50-,51+,52+,53-,55+,56-/m0/s1. The second kappa shape index (κ2) is 42.4. The van der Waals surface area contributed by atoms with E-state index >= 15 is 0 Å². The molecule has 17 heteroatoms. The van der Waals surface area contributed by atoms with Crippen molar-refractivity contribution in [3.05, 3.63) is 0 Å². The largest absolute Gasteiger partial charge is 0.394 e. The smallest absolute Gasteiger partial charge is 0.249 e. The van der Waals surface area contributed by atoms with Gasteiger partial charge in [0.1, 0.15) is 61.0 Å². The number of rotatable bonds is 46. The molecule has 14 atom stereocenters. The highest BCUT2D eigenvalue weighted by molar-refractivity contribution is 5.80.